The second-order valence-corrected chi connectivity index (χ2v) is 16.5. The van der Waals surface area contributed by atoms with Crippen molar-refractivity contribution in [3.8, 4) is 0 Å². The quantitative estimate of drug-likeness (QED) is 0.200. The summed E-state index contributed by atoms with van der Waals surface area (Å²) >= 11 is 0. The molecule has 0 amide bonds. The highest BCUT2D eigenvalue weighted by Gasteiger charge is 2.74. The maximum atomic E-state index is 14.0. The summed E-state index contributed by atoms with van der Waals surface area (Å²) in [6.45, 7) is 15.8. The molecule has 0 saturated heterocycles. The molecule has 0 aliphatic heterocycles. The molecule has 0 radical (unpaired) electrons. The van der Waals surface area contributed by atoms with Crippen LogP contribution in [0, 0.1) is 51.2 Å². The smallest absolute Gasteiger partial charge is 0.331 e. The minimum atomic E-state index is -1.40. The van der Waals surface area contributed by atoms with Gasteiger partial charge in [0.25, 0.3) is 0 Å². The molecular weight excluding hydrogens is 579 g/mol. The number of esters is 2. The SMILES string of the molecule is CC(=O)OC1CC2(C)C(CCC3C4(C)CCC(O)C(C)C4C(OC(=O)C(C)(C)CF)C(O)C32C)/C1=C(\CCCC(C)C)C(=O)O. The van der Waals surface area contributed by atoms with Gasteiger partial charge in [0.15, 0.2) is 0 Å². The molecule has 0 spiro atoms. The lowest BCUT2D eigenvalue weighted by molar-refractivity contribution is -0.290. The van der Waals surface area contributed by atoms with Crippen LogP contribution in [-0.2, 0) is 23.9 Å². The van der Waals surface area contributed by atoms with Crippen LogP contribution in [0.15, 0.2) is 11.1 Å². The minimum Gasteiger partial charge on any atom is -0.478 e. The Morgan fingerprint density at radius 1 is 1.07 bits per heavy atom. The van der Waals surface area contributed by atoms with Gasteiger partial charge < -0.3 is 24.8 Å². The van der Waals surface area contributed by atoms with E-state index in [9.17, 15) is 34.1 Å². The normalized spacial score (nSPS) is 42.3. The molecule has 3 N–H and O–H groups in total. The van der Waals surface area contributed by atoms with E-state index in [0.717, 1.165) is 6.42 Å². The average Bonchev–Trinajstić information content (AvgIpc) is 3.23. The largest absolute Gasteiger partial charge is 0.478 e. The van der Waals surface area contributed by atoms with E-state index in [1.54, 1.807) is 0 Å². The number of carbonyl (C=O) groups excluding carboxylic acids is 2. The molecular formula is C36H57FO8. The zero-order valence-corrected chi connectivity index (χ0v) is 28.8. The standard InChI is InChI=1S/C36H57FO8/c1-19(2)11-10-12-22(31(41)42)27-23-13-14-26-34(7)16-15-24(39)20(3)28(34)29(45-32(43)33(5,6)18-37)30(40)36(26,9)35(23,8)17-25(27)44-21(4)38/h19-20,23-26,28-30,39-40H,10-18H2,1-9H3,(H,41,42)/b27-22-. The Hall–Kier alpha value is -2.00. The molecule has 0 aromatic rings. The van der Waals surface area contributed by atoms with Crippen molar-refractivity contribution in [1.82, 2.24) is 0 Å². The predicted octanol–water partition coefficient (Wildman–Crippen LogP) is 6.26. The number of aliphatic carboxylic acids is 1. The Bertz CT molecular complexity index is 1200. The molecule has 4 aliphatic carbocycles. The van der Waals surface area contributed by atoms with Gasteiger partial charge in [0.05, 0.1) is 17.6 Å². The van der Waals surface area contributed by atoms with E-state index in [4.69, 9.17) is 9.47 Å². The van der Waals surface area contributed by atoms with E-state index in [0.29, 0.717) is 62.0 Å². The van der Waals surface area contributed by atoms with Crippen molar-refractivity contribution in [3.05, 3.63) is 11.1 Å². The third-order valence-electron chi connectivity index (χ3n) is 13.0. The van der Waals surface area contributed by atoms with Crippen molar-refractivity contribution in [2.24, 2.45) is 51.2 Å². The maximum absolute atomic E-state index is 14.0. The predicted molar refractivity (Wildman–Crippen MR) is 168 cm³/mol. The minimum absolute atomic E-state index is 0.0446. The summed E-state index contributed by atoms with van der Waals surface area (Å²) in [5, 5.41) is 34.1. The first-order valence-corrected chi connectivity index (χ1v) is 17.0. The number of carboxylic acids is 1. The van der Waals surface area contributed by atoms with E-state index in [1.807, 2.05) is 13.8 Å². The summed E-state index contributed by atoms with van der Waals surface area (Å²) in [5.74, 6) is -2.75. The fourth-order valence-corrected chi connectivity index (χ4v) is 10.5. The van der Waals surface area contributed by atoms with Crippen LogP contribution in [0.3, 0.4) is 0 Å². The molecule has 4 saturated carbocycles. The monoisotopic (exact) mass is 636 g/mol. The zero-order chi connectivity index (χ0) is 33.9. The molecule has 9 heteroatoms. The number of fused-ring (bicyclic) bond motifs is 5. The molecule has 0 aromatic heterocycles. The Labute approximate surface area is 268 Å². The first-order chi connectivity index (χ1) is 20.8. The van der Waals surface area contributed by atoms with Gasteiger partial charge in [0.2, 0.25) is 0 Å². The first-order valence-electron chi connectivity index (χ1n) is 17.0. The number of aliphatic hydroxyl groups is 2. The number of ether oxygens (including phenoxy) is 2. The van der Waals surface area contributed by atoms with Gasteiger partial charge >= 0.3 is 17.9 Å². The zero-order valence-electron chi connectivity index (χ0n) is 28.8. The highest BCUT2D eigenvalue weighted by Crippen LogP contribution is 2.74. The fraction of sp³-hybridized carbons (Fsp3) is 0.861. The molecule has 4 aliphatic rings. The van der Waals surface area contributed by atoms with Crippen LogP contribution in [-0.4, -0.2) is 64.3 Å². The van der Waals surface area contributed by atoms with Crippen LogP contribution in [0.2, 0.25) is 0 Å². The van der Waals surface area contributed by atoms with Gasteiger partial charge in [-0.05, 0) is 98.9 Å². The Balaban J connectivity index is 1.89. The van der Waals surface area contributed by atoms with Gasteiger partial charge in [-0.1, -0.05) is 48.0 Å². The van der Waals surface area contributed by atoms with Crippen molar-refractivity contribution in [1.29, 1.82) is 0 Å². The van der Waals surface area contributed by atoms with Crippen molar-refractivity contribution in [3.63, 3.8) is 0 Å². The third-order valence-corrected chi connectivity index (χ3v) is 13.0. The highest BCUT2D eigenvalue weighted by molar-refractivity contribution is 5.88. The molecule has 256 valence electrons. The van der Waals surface area contributed by atoms with Gasteiger partial charge in [0, 0.05) is 23.8 Å². The number of carbonyl (C=O) groups is 3. The molecule has 4 rings (SSSR count). The Morgan fingerprint density at radius 2 is 1.71 bits per heavy atom. The van der Waals surface area contributed by atoms with Crippen LogP contribution in [0.25, 0.3) is 0 Å². The average molecular weight is 637 g/mol. The molecule has 11 unspecified atom stereocenters. The molecule has 0 bridgehead atoms. The molecule has 45 heavy (non-hydrogen) atoms. The topological polar surface area (TPSA) is 130 Å². The van der Waals surface area contributed by atoms with Gasteiger partial charge in [-0.25, -0.2) is 9.18 Å². The lowest BCUT2D eigenvalue weighted by atomic mass is 9.35. The summed E-state index contributed by atoms with van der Waals surface area (Å²) in [7, 11) is 0. The second-order valence-electron chi connectivity index (χ2n) is 16.5. The molecule has 11 atom stereocenters. The van der Waals surface area contributed by atoms with E-state index in [1.165, 1.54) is 20.8 Å². The Morgan fingerprint density at radius 3 is 2.27 bits per heavy atom. The van der Waals surface area contributed by atoms with Crippen LogP contribution < -0.4 is 0 Å². The van der Waals surface area contributed by atoms with Gasteiger partial charge in [-0.2, -0.15) is 0 Å². The van der Waals surface area contributed by atoms with E-state index in [-0.39, 0.29) is 23.7 Å². The van der Waals surface area contributed by atoms with E-state index >= 15 is 0 Å². The first kappa shape index (κ1) is 35.8. The summed E-state index contributed by atoms with van der Waals surface area (Å²) in [6, 6.07) is 0. The lowest BCUT2D eigenvalue weighted by Crippen LogP contribution is -2.72. The number of hydrogen-bond donors (Lipinski definition) is 3. The lowest BCUT2D eigenvalue weighted by Gasteiger charge is -2.70. The van der Waals surface area contributed by atoms with Crippen LogP contribution >= 0.6 is 0 Å². The Kier molecular flexibility index (Phi) is 10.00. The van der Waals surface area contributed by atoms with Crippen LogP contribution in [0.4, 0.5) is 4.39 Å². The summed E-state index contributed by atoms with van der Waals surface area (Å²) < 4.78 is 26.0. The second kappa shape index (κ2) is 12.6. The highest BCUT2D eigenvalue weighted by atomic mass is 19.1. The summed E-state index contributed by atoms with van der Waals surface area (Å²) in [6.07, 6.45) is 1.36. The van der Waals surface area contributed by atoms with Crippen LogP contribution in [0.1, 0.15) is 114 Å². The number of halogens is 1. The summed E-state index contributed by atoms with van der Waals surface area (Å²) in [5.41, 5.74) is -2.47. The van der Waals surface area contributed by atoms with Crippen molar-refractivity contribution in [2.45, 2.75) is 138 Å². The van der Waals surface area contributed by atoms with E-state index < -0.39 is 70.7 Å². The number of carboxylic acid groups (broad SMARTS) is 1. The number of hydrogen-bond acceptors (Lipinski definition) is 7. The number of aliphatic hydroxyl groups excluding tert-OH is 2. The third kappa shape index (κ3) is 5.76. The van der Waals surface area contributed by atoms with Gasteiger partial charge in [0.1, 0.15) is 18.9 Å². The molecule has 4 fully saturated rings. The van der Waals surface area contributed by atoms with Crippen LogP contribution in [0.5, 0.6) is 0 Å². The fourth-order valence-electron chi connectivity index (χ4n) is 10.5. The van der Waals surface area contributed by atoms with E-state index in [2.05, 4.69) is 27.7 Å². The number of rotatable bonds is 9. The molecule has 8 nitrogen and oxygen atoms in total. The van der Waals surface area contributed by atoms with Crippen molar-refractivity contribution >= 4 is 17.9 Å². The molecule has 0 aromatic carbocycles. The summed E-state index contributed by atoms with van der Waals surface area (Å²) in [4.78, 5) is 38.7. The van der Waals surface area contributed by atoms with Crippen molar-refractivity contribution < 1.29 is 43.6 Å². The molecule has 0 heterocycles. The van der Waals surface area contributed by atoms with Gasteiger partial charge in [-0.3, -0.25) is 9.59 Å². The number of alkyl halides is 1. The maximum Gasteiger partial charge on any atom is 0.331 e. The van der Waals surface area contributed by atoms with Gasteiger partial charge in [-0.15, -0.1) is 0 Å². The van der Waals surface area contributed by atoms with Crippen molar-refractivity contribution in [2.75, 3.05) is 6.67 Å².